The SMILES string of the molecule is CC(=O)c1ccn(C(=O)N2C[C@H]3C[C@@H](OCc4ccccc4Cl)C[C@H]3C2)n1. The highest BCUT2D eigenvalue weighted by atomic mass is 35.5. The molecule has 0 radical (unpaired) electrons. The van der Waals surface area contributed by atoms with Crippen LogP contribution in [0.5, 0.6) is 0 Å². The van der Waals surface area contributed by atoms with Crippen molar-refractivity contribution >= 4 is 23.4 Å². The van der Waals surface area contributed by atoms with Crippen LogP contribution in [0.2, 0.25) is 5.02 Å². The summed E-state index contributed by atoms with van der Waals surface area (Å²) in [6.45, 7) is 3.39. The summed E-state index contributed by atoms with van der Waals surface area (Å²) in [6, 6.07) is 9.15. The van der Waals surface area contributed by atoms with E-state index in [1.165, 1.54) is 11.6 Å². The highest BCUT2D eigenvalue weighted by Gasteiger charge is 2.43. The molecular formula is C20H22ClN3O3. The van der Waals surface area contributed by atoms with Crippen molar-refractivity contribution < 1.29 is 14.3 Å². The van der Waals surface area contributed by atoms with Crippen LogP contribution < -0.4 is 0 Å². The normalized spacial score (nSPS) is 24.2. The summed E-state index contributed by atoms with van der Waals surface area (Å²) in [5.41, 5.74) is 1.32. The molecule has 7 heteroatoms. The molecule has 2 aliphatic rings. The van der Waals surface area contributed by atoms with Crippen LogP contribution in [0.15, 0.2) is 36.5 Å². The molecule has 1 amide bonds. The number of hydrogen-bond acceptors (Lipinski definition) is 4. The fourth-order valence-electron chi connectivity index (χ4n) is 4.12. The van der Waals surface area contributed by atoms with E-state index >= 15 is 0 Å². The molecule has 1 saturated carbocycles. The first kappa shape index (κ1) is 18.2. The van der Waals surface area contributed by atoms with E-state index in [4.69, 9.17) is 16.3 Å². The van der Waals surface area contributed by atoms with E-state index in [1.807, 2.05) is 29.2 Å². The number of aromatic nitrogens is 2. The molecule has 3 atom stereocenters. The Bertz CT molecular complexity index is 852. The van der Waals surface area contributed by atoms with Crippen molar-refractivity contribution in [3.05, 3.63) is 52.8 Å². The zero-order chi connectivity index (χ0) is 19.0. The lowest BCUT2D eigenvalue weighted by molar-refractivity contribution is 0.0384. The van der Waals surface area contributed by atoms with Crippen molar-refractivity contribution in [3.8, 4) is 0 Å². The summed E-state index contributed by atoms with van der Waals surface area (Å²) >= 11 is 6.19. The molecule has 2 heterocycles. The number of benzene rings is 1. The summed E-state index contributed by atoms with van der Waals surface area (Å²) in [6.07, 6.45) is 3.68. The molecule has 1 aliphatic carbocycles. The predicted molar refractivity (Wildman–Crippen MR) is 101 cm³/mol. The summed E-state index contributed by atoms with van der Waals surface area (Å²) in [5, 5.41) is 4.81. The number of amides is 1. The van der Waals surface area contributed by atoms with Crippen LogP contribution in [-0.4, -0.2) is 45.7 Å². The van der Waals surface area contributed by atoms with E-state index < -0.39 is 0 Å². The molecule has 1 aromatic carbocycles. The maximum absolute atomic E-state index is 12.6. The maximum atomic E-state index is 12.6. The lowest BCUT2D eigenvalue weighted by Gasteiger charge is -2.19. The molecule has 0 bridgehead atoms. The minimum absolute atomic E-state index is 0.140. The first-order chi connectivity index (χ1) is 13.0. The quantitative estimate of drug-likeness (QED) is 0.751. The molecule has 2 aromatic rings. The Balaban J connectivity index is 1.31. The number of fused-ring (bicyclic) bond motifs is 1. The van der Waals surface area contributed by atoms with Gasteiger partial charge in [0, 0.05) is 31.2 Å². The Hall–Kier alpha value is -2.18. The Morgan fingerprint density at radius 3 is 2.52 bits per heavy atom. The molecule has 142 valence electrons. The number of Topliss-reactive ketones (excluding diaryl/α,β-unsaturated/α-hetero) is 1. The molecule has 2 fully saturated rings. The zero-order valence-corrected chi connectivity index (χ0v) is 15.9. The zero-order valence-electron chi connectivity index (χ0n) is 15.2. The number of rotatable bonds is 4. The second-order valence-corrected chi connectivity index (χ2v) is 7.81. The molecule has 4 rings (SSSR count). The lowest BCUT2D eigenvalue weighted by Crippen LogP contribution is -2.34. The van der Waals surface area contributed by atoms with Crippen molar-refractivity contribution in [1.82, 2.24) is 14.7 Å². The third-order valence-electron chi connectivity index (χ3n) is 5.56. The predicted octanol–water partition coefficient (Wildman–Crippen LogP) is 3.63. The van der Waals surface area contributed by atoms with Crippen molar-refractivity contribution in [1.29, 1.82) is 0 Å². The number of halogens is 1. The minimum Gasteiger partial charge on any atom is -0.373 e. The topological polar surface area (TPSA) is 64.4 Å². The van der Waals surface area contributed by atoms with E-state index in [9.17, 15) is 9.59 Å². The summed E-state index contributed by atoms with van der Waals surface area (Å²) in [5.74, 6) is 0.763. The Morgan fingerprint density at radius 2 is 1.89 bits per heavy atom. The van der Waals surface area contributed by atoms with Crippen LogP contribution in [0.3, 0.4) is 0 Å². The fraction of sp³-hybridized carbons (Fsp3) is 0.450. The van der Waals surface area contributed by atoms with E-state index in [1.54, 1.807) is 12.3 Å². The number of hydrogen-bond donors (Lipinski definition) is 0. The van der Waals surface area contributed by atoms with Gasteiger partial charge in [0.15, 0.2) is 5.78 Å². The highest BCUT2D eigenvalue weighted by Crippen LogP contribution is 2.40. The fourth-order valence-corrected chi connectivity index (χ4v) is 4.31. The maximum Gasteiger partial charge on any atom is 0.344 e. The summed E-state index contributed by atoms with van der Waals surface area (Å²) in [7, 11) is 0. The van der Waals surface area contributed by atoms with E-state index in [2.05, 4.69) is 5.10 Å². The minimum atomic E-state index is -0.162. The lowest BCUT2D eigenvalue weighted by atomic mass is 10.0. The monoisotopic (exact) mass is 387 g/mol. The van der Waals surface area contributed by atoms with Gasteiger partial charge in [-0.2, -0.15) is 9.78 Å². The number of nitrogens with zero attached hydrogens (tertiary/aromatic N) is 3. The Labute approximate surface area is 163 Å². The van der Waals surface area contributed by atoms with Crippen molar-refractivity contribution in [3.63, 3.8) is 0 Å². The van der Waals surface area contributed by atoms with Gasteiger partial charge in [-0.15, -0.1) is 0 Å². The largest absolute Gasteiger partial charge is 0.373 e. The van der Waals surface area contributed by atoms with Gasteiger partial charge >= 0.3 is 6.03 Å². The summed E-state index contributed by atoms with van der Waals surface area (Å²) in [4.78, 5) is 25.8. The van der Waals surface area contributed by atoms with Gasteiger partial charge in [0.1, 0.15) is 5.69 Å². The van der Waals surface area contributed by atoms with Gasteiger partial charge in [-0.05, 0) is 42.4 Å². The van der Waals surface area contributed by atoms with Gasteiger partial charge in [0.25, 0.3) is 0 Å². The third kappa shape index (κ3) is 3.77. The number of carbonyl (C=O) groups is 2. The molecule has 0 unspecified atom stereocenters. The molecule has 27 heavy (non-hydrogen) atoms. The van der Waals surface area contributed by atoms with Gasteiger partial charge in [0.05, 0.1) is 12.7 Å². The van der Waals surface area contributed by atoms with Crippen molar-refractivity contribution in [2.75, 3.05) is 13.1 Å². The van der Waals surface area contributed by atoms with Crippen molar-refractivity contribution in [2.24, 2.45) is 11.8 Å². The van der Waals surface area contributed by atoms with Crippen LogP contribution >= 0.6 is 11.6 Å². The number of carbonyl (C=O) groups excluding carboxylic acids is 2. The standard InChI is InChI=1S/C20H22ClN3O3/c1-13(25)19-6-7-24(22-19)20(26)23-10-15-8-17(9-16(15)11-23)27-12-14-4-2-3-5-18(14)21/h2-7,15-17H,8-12H2,1H3/t15-,16+,17-. The van der Waals surface area contributed by atoms with Crippen molar-refractivity contribution in [2.45, 2.75) is 32.5 Å². The van der Waals surface area contributed by atoms with Crippen LogP contribution in [0, 0.1) is 11.8 Å². The van der Waals surface area contributed by atoms with E-state index in [0.717, 1.165) is 23.4 Å². The smallest absolute Gasteiger partial charge is 0.344 e. The first-order valence-corrected chi connectivity index (χ1v) is 9.60. The molecular weight excluding hydrogens is 366 g/mol. The van der Waals surface area contributed by atoms with E-state index in [-0.39, 0.29) is 17.9 Å². The highest BCUT2D eigenvalue weighted by molar-refractivity contribution is 6.31. The van der Waals surface area contributed by atoms with Crippen LogP contribution in [0.4, 0.5) is 4.79 Å². The number of likely N-dealkylation sites (tertiary alicyclic amines) is 1. The first-order valence-electron chi connectivity index (χ1n) is 9.22. The Morgan fingerprint density at radius 1 is 1.19 bits per heavy atom. The molecule has 0 N–H and O–H groups in total. The second-order valence-electron chi connectivity index (χ2n) is 7.41. The molecule has 6 nitrogen and oxygen atoms in total. The van der Waals surface area contributed by atoms with Gasteiger partial charge in [-0.1, -0.05) is 29.8 Å². The number of ketones is 1. The molecule has 1 aromatic heterocycles. The van der Waals surface area contributed by atoms with Crippen LogP contribution in [0.25, 0.3) is 0 Å². The van der Waals surface area contributed by atoms with Crippen LogP contribution in [0.1, 0.15) is 35.8 Å². The second kappa shape index (κ2) is 7.44. The van der Waals surface area contributed by atoms with Gasteiger partial charge < -0.3 is 9.64 Å². The third-order valence-corrected chi connectivity index (χ3v) is 5.93. The molecule has 1 aliphatic heterocycles. The average molecular weight is 388 g/mol. The number of ether oxygens (including phenoxy) is 1. The molecule has 0 spiro atoms. The Kier molecular flexibility index (Phi) is 5.02. The van der Waals surface area contributed by atoms with Crippen LogP contribution in [-0.2, 0) is 11.3 Å². The average Bonchev–Trinajstić information content (AvgIpc) is 3.35. The molecule has 1 saturated heterocycles. The van der Waals surface area contributed by atoms with E-state index in [0.29, 0.717) is 37.2 Å². The van der Waals surface area contributed by atoms with Gasteiger partial charge in [0.2, 0.25) is 0 Å². The van der Waals surface area contributed by atoms with Gasteiger partial charge in [-0.3, -0.25) is 4.79 Å². The summed E-state index contributed by atoms with van der Waals surface area (Å²) < 4.78 is 7.34. The van der Waals surface area contributed by atoms with Gasteiger partial charge in [-0.25, -0.2) is 4.79 Å².